The van der Waals surface area contributed by atoms with Gasteiger partial charge in [0, 0.05) is 31.2 Å². The molecule has 2 aromatic carbocycles. The molecule has 0 aliphatic carbocycles. The average Bonchev–Trinajstić information content (AvgIpc) is 3.33. The molecule has 1 aliphatic rings. The second-order valence-electron chi connectivity index (χ2n) is 7.89. The molecule has 1 unspecified atom stereocenters. The van der Waals surface area contributed by atoms with Gasteiger partial charge in [0.1, 0.15) is 5.75 Å². The van der Waals surface area contributed by atoms with Crippen molar-refractivity contribution in [2.24, 2.45) is 10.9 Å². The Labute approximate surface area is 191 Å². The molecule has 2 N–H and O–H groups in total. The lowest BCUT2D eigenvalue weighted by molar-refractivity contribution is 0.166. The number of hydrogen-bond acceptors (Lipinski definition) is 5. The molecule has 0 amide bonds. The lowest BCUT2D eigenvalue weighted by Gasteiger charge is -2.17. The molecule has 0 radical (unpaired) electrons. The zero-order valence-electron chi connectivity index (χ0n) is 19.6. The van der Waals surface area contributed by atoms with Gasteiger partial charge >= 0.3 is 0 Å². The molecule has 174 valence electrons. The summed E-state index contributed by atoms with van der Waals surface area (Å²) in [6.07, 6.45) is 1.06. The summed E-state index contributed by atoms with van der Waals surface area (Å²) < 4.78 is 22.3. The molecule has 1 aliphatic heterocycles. The number of rotatable bonds is 10. The van der Waals surface area contributed by atoms with Crippen LogP contribution in [0.3, 0.4) is 0 Å². The number of benzene rings is 2. The van der Waals surface area contributed by atoms with Crippen LogP contribution in [0.1, 0.15) is 30.0 Å². The minimum atomic E-state index is 0.469. The molecule has 7 nitrogen and oxygen atoms in total. The molecule has 1 fully saturated rings. The van der Waals surface area contributed by atoms with E-state index in [2.05, 4.69) is 42.7 Å². The van der Waals surface area contributed by atoms with E-state index < -0.39 is 0 Å². The molecule has 0 bridgehead atoms. The first-order valence-corrected chi connectivity index (χ1v) is 11.2. The molecular weight excluding hydrogens is 406 g/mol. The molecular formula is C25H35N3O4. The van der Waals surface area contributed by atoms with Gasteiger partial charge in [0.15, 0.2) is 17.5 Å². The second kappa shape index (κ2) is 12.2. The molecule has 7 heteroatoms. The summed E-state index contributed by atoms with van der Waals surface area (Å²) in [5.74, 6) is 3.54. The number of guanidine groups is 1. The predicted octanol–water partition coefficient (Wildman–Crippen LogP) is 3.68. The van der Waals surface area contributed by atoms with Gasteiger partial charge in [0.25, 0.3) is 0 Å². The van der Waals surface area contributed by atoms with Crippen molar-refractivity contribution in [1.82, 2.24) is 10.6 Å². The number of hydrogen-bond donors (Lipinski definition) is 2. The Hall–Kier alpha value is -2.93. The van der Waals surface area contributed by atoms with Crippen molar-refractivity contribution in [1.29, 1.82) is 0 Å². The molecule has 1 atom stereocenters. The van der Waals surface area contributed by atoms with Crippen LogP contribution < -0.4 is 24.8 Å². The van der Waals surface area contributed by atoms with E-state index in [1.807, 2.05) is 18.2 Å². The maximum absolute atomic E-state index is 6.16. The first-order chi connectivity index (χ1) is 15.6. The van der Waals surface area contributed by atoms with Crippen LogP contribution in [0.2, 0.25) is 0 Å². The van der Waals surface area contributed by atoms with Crippen LogP contribution in [-0.4, -0.2) is 46.5 Å². The summed E-state index contributed by atoms with van der Waals surface area (Å²) in [6.45, 7) is 8.35. The van der Waals surface area contributed by atoms with Crippen molar-refractivity contribution in [3.8, 4) is 17.2 Å². The van der Waals surface area contributed by atoms with E-state index in [-0.39, 0.29) is 0 Å². The quantitative estimate of drug-likeness (QED) is 0.433. The summed E-state index contributed by atoms with van der Waals surface area (Å²) in [7, 11) is 3.27. The molecule has 0 saturated carbocycles. The number of aliphatic imine (C=N–C) groups is 1. The van der Waals surface area contributed by atoms with Crippen molar-refractivity contribution < 1.29 is 18.9 Å². The number of methoxy groups -OCH3 is 2. The summed E-state index contributed by atoms with van der Waals surface area (Å²) in [5.41, 5.74) is 3.32. The van der Waals surface area contributed by atoms with E-state index in [0.717, 1.165) is 49.0 Å². The Balaban J connectivity index is 1.64. The van der Waals surface area contributed by atoms with Crippen LogP contribution in [-0.2, 0) is 17.8 Å². The molecule has 32 heavy (non-hydrogen) atoms. The minimum absolute atomic E-state index is 0.469. The maximum Gasteiger partial charge on any atom is 0.191 e. The van der Waals surface area contributed by atoms with Crippen molar-refractivity contribution in [3.05, 3.63) is 53.1 Å². The van der Waals surface area contributed by atoms with Crippen molar-refractivity contribution >= 4 is 5.96 Å². The lowest BCUT2D eigenvalue weighted by atomic mass is 10.1. The van der Waals surface area contributed by atoms with Gasteiger partial charge in [-0.1, -0.05) is 18.2 Å². The number of ether oxygens (including phenoxy) is 4. The highest BCUT2D eigenvalue weighted by Crippen LogP contribution is 2.28. The van der Waals surface area contributed by atoms with Crippen LogP contribution in [0.15, 0.2) is 41.4 Å². The third-order valence-corrected chi connectivity index (χ3v) is 5.38. The number of nitrogens with one attached hydrogen (secondary N) is 2. The topological polar surface area (TPSA) is 73.3 Å². The molecule has 1 heterocycles. The van der Waals surface area contributed by atoms with Crippen LogP contribution >= 0.6 is 0 Å². The smallest absolute Gasteiger partial charge is 0.191 e. The lowest BCUT2D eigenvalue weighted by Crippen LogP contribution is -2.36. The van der Waals surface area contributed by atoms with E-state index in [9.17, 15) is 0 Å². The monoisotopic (exact) mass is 441 g/mol. The normalized spacial score (nSPS) is 16.0. The first kappa shape index (κ1) is 23.7. The third kappa shape index (κ3) is 6.79. The Morgan fingerprint density at radius 2 is 1.91 bits per heavy atom. The predicted molar refractivity (Wildman–Crippen MR) is 127 cm³/mol. The average molecular weight is 442 g/mol. The van der Waals surface area contributed by atoms with Gasteiger partial charge < -0.3 is 29.6 Å². The van der Waals surface area contributed by atoms with Gasteiger partial charge in [-0.2, -0.15) is 0 Å². The molecule has 2 aromatic rings. The minimum Gasteiger partial charge on any atom is -0.493 e. The number of nitrogens with zero attached hydrogens (tertiary/aromatic N) is 1. The van der Waals surface area contributed by atoms with E-state index in [1.165, 1.54) is 5.56 Å². The SMILES string of the molecule is CCNC(=NCc1ccc(OC)c(OC)c1)NCc1ccc(C)cc1OCC1CCOC1. The molecule has 0 spiro atoms. The third-order valence-electron chi connectivity index (χ3n) is 5.38. The van der Waals surface area contributed by atoms with E-state index in [0.29, 0.717) is 37.1 Å². The zero-order valence-corrected chi connectivity index (χ0v) is 19.6. The zero-order chi connectivity index (χ0) is 22.8. The Morgan fingerprint density at radius 3 is 2.62 bits per heavy atom. The highest BCUT2D eigenvalue weighted by Gasteiger charge is 2.17. The molecule has 3 rings (SSSR count). The van der Waals surface area contributed by atoms with Gasteiger partial charge in [0.2, 0.25) is 0 Å². The highest BCUT2D eigenvalue weighted by molar-refractivity contribution is 5.79. The fourth-order valence-electron chi connectivity index (χ4n) is 3.53. The van der Waals surface area contributed by atoms with E-state index in [1.54, 1.807) is 14.2 Å². The fraction of sp³-hybridized carbons (Fsp3) is 0.480. The Bertz CT molecular complexity index is 895. The Morgan fingerprint density at radius 1 is 1.06 bits per heavy atom. The summed E-state index contributed by atoms with van der Waals surface area (Å²) in [6, 6.07) is 12.2. The molecule has 1 saturated heterocycles. The summed E-state index contributed by atoms with van der Waals surface area (Å²) in [4.78, 5) is 4.73. The van der Waals surface area contributed by atoms with Gasteiger partial charge in [-0.25, -0.2) is 4.99 Å². The summed E-state index contributed by atoms with van der Waals surface area (Å²) >= 11 is 0. The largest absolute Gasteiger partial charge is 0.493 e. The number of aryl methyl sites for hydroxylation is 1. The Kier molecular flexibility index (Phi) is 9.04. The maximum atomic E-state index is 6.16. The van der Waals surface area contributed by atoms with Crippen molar-refractivity contribution in [2.75, 3.05) is 40.6 Å². The van der Waals surface area contributed by atoms with Crippen molar-refractivity contribution in [2.45, 2.75) is 33.4 Å². The van der Waals surface area contributed by atoms with Gasteiger partial charge in [-0.3, -0.25) is 0 Å². The van der Waals surface area contributed by atoms with Gasteiger partial charge in [-0.15, -0.1) is 0 Å². The van der Waals surface area contributed by atoms with Crippen LogP contribution in [0, 0.1) is 12.8 Å². The van der Waals surface area contributed by atoms with Crippen LogP contribution in [0.25, 0.3) is 0 Å². The van der Waals surface area contributed by atoms with E-state index >= 15 is 0 Å². The van der Waals surface area contributed by atoms with Crippen LogP contribution in [0.5, 0.6) is 17.2 Å². The standard InChI is InChI=1S/C25H35N3O4/c1-5-26-25(27-14-19-7-9-22(29-3)24(13-19)30-4)28-15-21-8-6-18(2)12-23(21)32-17-20-10-11-31-16-20/h6-9,12-13,20H,5,10-11,14-17H2,1-4H3,(H2,26,27,28). The first-order valence-electron chi connectivity index (χ1n) is 11.2. The van der Waals surface area contributed by atoms with E-state index in [4.69, 9.17) is 23.9 Å². The van der Waals surface area contributed by atoms with Crippen molar-refractivity contribution in [3.63, 3.8) is 0 Å². The summed E-state index contributed by atoms with van der Waals surface area (Å²) in [5, 5.41) is 6.73. The van der Waals surface area contributed by atoms with Gasteiger partial charge in [-0.05, 0) is 49.6 Å². The van der Waals surface area contributed by atoms with Crippen LogP contribution in [0.4, 0.5) is 0 Å². The second-order valence-corrected chi connectivity index (χ2v) is 7.89. The van der Waals surface area contributed by atoms with Gasteiger partial charge in [0.05, 0.1) is 34.0 Å². The highest BCUT2D eigenvalue weighted by atomic mass is 16.5. The fourth-order valence-corrected chi connectivity index (χ4v) is 3.53. The molecule has 0 aromatic heterocycles.